The fourth-order valence-electron chi connectivity index (χ4n) is 6.96. The zero-order chi connectivity index (χ0) is 17.3. The minimum absolute atomic E-state index is 0.0566. The first-order chi connectivity index (χ1) is 11.3. The fraction of sp³-hybridized carbons (Fsp3) is 0.762. The molecular weight excluding hydrogens is 300 g/mol. The van der Waals surface area contributed by atoms with Gasteiger partial charge in [0, 0.05) is 24.7 Å². The second-order valence-corrected chi connectivity index (χ2v) is 9.22. The lowest BCUT2D eigenvalue weighted by molar-refractivity contribution is -0.134. The number of carbonyl (C=O) groups is 3. The van der Waals surface area contributed by atoms with Gasteiger partial charge in [-0.1, -0.05) is 19.4 Å². The van der Waals surface area contributed by atoms with Crippen LogP contribution < -0.4 is 0 Å². The highest BCUT2D eigenvalue weighted by Gasteiger charge is 2.62. The summed E-state index contributed by atoms with van der Waals surface area (Å²) in [4.78, 5) is 36.9. The van der Waals surface area contributed by atoms with Gasteiger partial charge >= 0.3 is 0 Å². The van der Waals surface area contributed by atoms with E-state index in [-0.39, 0.29) is 34.2 Å². The van der Waals surface area contributed by atoms with Crippen LogP contribution in [0.1, 0.15) is 65.7 Å². The van der Waals surface area contributed by atoms with E-state index in [2.05, 4.69) is 13.8 Å². The van der Waals surface area contributed by atoms with Crippen molar-refractivity contribution in [3.8, 4) is 0 Å². The molecule has 3 heteroatoms. The topological polar surface area (TPSA) is 51.2 Å². The molecule has 0 radical (unpaired) electrons. The van der Waals surface area contributed by atoms with Crippen molar-refractivity contribution >= 4 is 17.3 Å². The Balaban J connectivity index is 1.72. The van der Waals surface area contributed by atoms with E-state index in [1.807, 2.05) is 6.08 Å². The first-order valence-electron chi connectivity index (χ1n) is 9.54. The fourth-order valence-corrected chi connectivity index (χ4v) is 6.96. The van der Waals surface area contributed by atoms with E-state index < -0.39 is 0 Å². The van der Waals surface area contributed by atoms with Gasteiger partial charge in [-0.25, -0.2) is 0 Å². The molecule has 0 aromatic carbocycles. The van der Waals surface area contributed by atoms with Crippen molar-refractivity contribution in [1.82, 2.24) is 0 Å². The van der Waals surface area contributed by atoms with Crippen molar-refractivity contribution < 1.29 is 14.4 Å². The molecule has 0 aromatic heterocycles. The van der Waals surface area contributed by atoms with E-state index >= 15 is 0 Å². The second-order valence-electron chi connectivity index (χ2n) is 9.22. The molecule has 0 saturated heterocycles. The SMILES string of the molecule is CC(=O)[C@H]1CC(=O)[C@H]2[C@@H]3CCC4=CC(=O)CC[C@]4(C)[C@H]3CC[C@]12C. The van der Waals surface area contributed by atoms with Crippen LogP contribution in [0.15, 0.2) is 11.6 Å². The number of allylic oxidation sites excluding steroid dienone is 1. The Morgan fingerprint density at radius 1 is 1.12 bits per heavy atom. The lowest BCUT2D eigenvalue weighted by Gasteiger charge is -2.57. The average Bonchev–Trinajstić information content (AvgIpc) is 2.80. The van der Waals surface area contributed by atoms with Crippen molar-refractivity contribution in [1.29, 1.82) is 0 Å². The van der Waals surface area contributed by atoms with Crippen molar-refractivity contribution in [2.24, 2.45) is 34.5 Å². The summed E-state index contributed by atoms with van der Waals surface area (Å²) in [6.45, 7) is 6.18. The van der Waals surface area contributed by atoms with E-state index in [0.717, 1.165) is 32.1 Å². The monoisotopic (exact) mass is 328 g/mol. The molecule has 130 valence electrons. The van der Waals surface area contributed by atoms with Crippen LogP contribution in [0, 0.1) is 34.5 Å². The summed E-state index contributed by atoms with van der Waals surface area (Å²) in [6.07, 6.45) is 7.98. The Labute approximate surface area is 144 Å². The molecule has 4 aliphatic rings. The highest BCUT2D eigenvalue weighted by molar-refractivity contribution is 5.94. The van der Waals surface area contributed by atoms with Gasteiger partial charge in [0.15, 0.2) is 5.78 Å². The van der Waals surface area contributed by atoms with Crippen LogP contribution in [0.25, 0.3) is 0 Å². The predicted octanol–water partition coefficient (Wildman–Crippen LogP) is 3.90. The van der Waals surface area contributed by atoms with Gasteiger partial charge in [0.1, 0.15) is 11.6 Å². The van der Waals surface area contributed by atoms with Gasteiger partial charge < -0.3 is 0 Å². The first kappa shape index (κ1) is 16.2. The third kappa shape index (κ3) is 1.99. The van der Waals surface area contributed by atoms with Crippen LogP contribution >= 0.6 is 0 Å². The summed E-state index contributed by atoms with van der Waals surface area (Å²) in [5.41, 5.74) is 1.29. The van der Waals surface area contributed by atoms with Gasteiger partial charge in [-0.2, -0.15) is 0 Å². The molecule has 4 aliphatic carbocycles. The standard InChI is InChI=1S/C21H28O3/c1-12(22)17-11-18(24)19-15-5-4-13-10-14(23)6-8-20(13,2)16(15)7-9-21(17,19)3/h10,15-17,19H,4-9,11H2,1-3H3/t15-,16+,17-,19-,20+,21-/m1/s1. The van der Waals surface area contributed by atoms with Crippen LogP contribution in [0.4, 0.5) is 0 Å². The number of Topliss-reactive ketones (excluding diaryl/α,β-unsaturated/α-hetero) is 2. The van der Waals surface area contributed by atoms with E-state index in [4.69, 9.17) is 0 Å². The van der Waals surface area contributed by atoms with Crippen molar-refractivity contribution in [2.75, 3.05) is 0 Å². The molecule has 0 amide bonds. The molecule has 4 rings (SSSR count). The van der Waals surface area contributed by atoms with E-state index in [1.54, 1.807) is 6.92 Å². The molecule has 0 N–H and O–H groups in total. The maximum Gasteiger partial charge on any atom is 0.155 e. The molecule has 0 aromatic rings. The van der Waals surface area contributed by atoms with Crippen molar-refractivity contribution in [3.63, 3.8) is 0 Å². The summed E-state index contributed by atoms with van der Waals surface area (Å²) in [5, 5.41) is 0. The van der Waals surface area contributed by atoms with Gasteiger partial charge in [0.25, 0.3) is 0 Å². The third-order valence-electron chi connectivity index (χ3n) is 8.21. The summed E-state index contributed by atoms with van der Waals surface area (Å²) in [5.74, 6) is 1.67. The lowest BCUT2D eigenvalue weighted by Crippen LogP contribution is -2.52. The largest absolute Gasteiger partial charge is 0.300 e. The number of rotatable bonds is 1. The molecule has 0 spiro atoms. The first-order valence-corrected chi connectivity index (χ1v) is 9.54. The molecule has 3 fully saturated rings. The Kier molecular flexibility index (Phi) is 3.47. The Morgan fingerprint density at radius 2 is 1.88 bits per heavy atom. The highest BCUT2D eigenvalue weighted by Crippen LogP contribution is 2.65. The quantitative estimate of drug-likeness (QED) is 0.733. The molecule has 6 atom stereocenters. The van der Waals surface area contributed by atoms with Crippen LogP contribution in [0.3, 0.4) is 0 Å². The van der Waals surface area contributed by atoms with E-state index in [9.17, 15) is 14.4 Å². The number of hydrogen-bond donors (Lipinski definition) is 0. The van der Waals surface area contributed by atoms with Crippen LogP contribution in [0.5, 0.6) is 0 Å². The second kappa shape index (κ2) is 5.12. The van der Waals surface area contributed by atoms with Gasteiger partial charge in [0.05, 0.1) is 0 Å². The number of carbonyl (C=O) groups excluding carboxylic acids is 3. The average molecular weight is 328 g/mol. The number of hydrogen-bond acceptors (Lipinski definition) is 3. The van der Waals surface area contributed by atoms with Crippen LogP contribution in [-0.4, -0.2) is 17.3 Å². The van der Waals surface area contributed by atoms with Gasteiger partial charge in [-0.3, -0.25) is 14.4 Å². The molecule has 0 heterocycles. The van der Waals surface area contributed by atoms with Crippen molar-refractivity contribution in [3.05, 3.63) is 11.6 Å². The highest BCUT2D eigenvalue weighted by atomic mass is 16.1. The number of fused-ring (bicyclic) bond motifs is 5. The maximum absolute atomic E-state index is 12.9. The molecular formula is C21H28O3. The van der Waals surface area contributed by atoms with Gasteiger partial charge in [-0.05, 0) is 67.8 Å². The summed E-state index contributed by atoms with van der Waals surface area (Å²) < 4.78 is 0. The normalized spacial score (nSPS) is 47.5. The molecule has 0 aliphatic heterocycles. The summed E-state index contributed by atoms with van der Waals surface area (Å²) in [7, 11) is 0. The van der Waals surface area contributed by atoms with E-state index in [1.165, 1.54) is 5.57 Å². The number of ketones is 3. The van der Waals surface area contributed by atoms with Crippen molar-refractivity contribution in [2.45, 2.75) is 65.7 Å². The Hall–Kier alpha value is -1.25. The van der Waals surface area contributed by atoms with Crippen LogP contribution in [0.2, 0.25) is 0 Å². The molecule has 3 saturated carbocycles. The molecule has 0 unspecified atom stereocenters. The Morgan fingerprint density at radius 3 is 2.58 bits per heavy atom. The Bertz CT molecular complexity index is 660. The molecule has 0 bridgehead atoms. The van der Waals surface area contributed by atoms with Gasteiger partial charge in [-0.15, -0.1) is 0 Å². The summed E-state index contributed by atoms with van der Waals surface area (Å²) >= 11 is 0. The lowest BCUT2D eigenvalue weighted by atomic mass is 9.46. The maximum atomic E-state index is 12.9. The summed E-state index contributed by atoms with van der Waals surface area (Å²) in [6, 6.07) is 0. The zero-order valence-electron chi connectivity index (χ0n) is 15.1. The predicted molar refractivity (Wildman–Crippen MR) is 91.3 cm³/mol. The minimum Gasteiger partial charge on any atom is -0.300 e. The van der Waals surface area contributed by atoms with E-state index in [0.29, 0.717) is 30.5 Å². The van der Waals surface area contributed by atoms with Gasteiger partial charge in [0.2, 0.25) is 0 Å². The van der Waals surface area contributed by atoms with Crippen LogP contribution in [-0.2, 0) is 14.4 Å². The minimum atomic E-state index is -0.133. The molecule has 24 heavy (non-hydrogen) atoms. The molecule has 3 nitrogen and oxygen atoms in total. The zero-order valence-corrected chi connectivity index (χ0v) is 15.1. The third-order valence-corrected chi connectivity index (χ3v) is 8.21. The smallest absolute Gasteiger partial charge is 0.155 e.